The third-order valence-electron chi connectivity index (χ3n) is 4.99. The number of sulfone groups is 1. The van der Waals surface area contributed by atoms with E-state index in [9.17, 15) is 13.2 Å². The molecule has 2 aliphatic rings. The molecule has 2 aromatic rings. The van der Waals surface area contributed by atoms with Gasteiger partial charge in [0.15, 0.2) is 20.7 Å². The van der Waals surface area contributed by atoms with Gasteiger partial charge in [-0.25, -0.2) is 13.4 Å². The van der Waals surface area contributed by atoms with Crippen LogP contribution >= 0.6 is 11.6 Å². The van der Waals surface area contributed by atoms with Crippen LogP contribution in [0.25, 0.3) is 0 Å². The van der Waals surface area contributed by atoms with Crippen molar-refractivity contribution in [2.45, 2.75) is 38.1 Å². The van der Waals surface area contributed by atoms with Gasteiger partial charge in [-0.2, -0.15) is 5.10 Å². The molecule has 1 N–H and O–H groups in total. The fraction of sp³-hybridized carbons (Fsp3) is 0.471. The van der Waals surface area contributed by atoms with E-state index in [1.165, 1.54) is 0 Å². The molecule has 1 aliphatic carbocycles. The highest BCUT2D eigenvalue weighted by Gasteiger charge is 2.34. The van der Waals surface area contributed by atoms with Crippen molar-refractivity contribution in [2.75, 3.05) is 16.8 Å². The van der Waals surface area contributed by atoms with Crippen molar-refractivity contribution >= 4 is 33.0 Å². The first-order valence-electron chi connectivity index (χ1n) is 8.67. The fourth-order valence-electron chi connectivity index (χ4n) is 3.74. The van der Waals surface area contributed by atoms with E-state index in [0.717, 1.165) is 36.9 Å². The molecule has 0 unspecified atom stereocenters. The van der Waals surface area contributed by atoms with Gasteiger partial charge >= 0.3 is 0 Å². The average Bonchev–Trinajstić information content (AvgIpc) is 3.17. The standard InChI is InChI=1S/C17H19ClN4O3S/c18-16-13(5-3-8-19-16)20-17(23)15-12-4-1-2-6-14(12)22(21-15)11-7-9-26(24,25)10-11/h3,5,8,11H,1-2,4,6-7,9-10H2,(H,20,23)/t11-/m0/s1. The molecule has 7 nitrogen and oxygen atoms in total. The Bertz CT molecular complexity index is 970. The van der Waals surface area contributed by atoms with Gasteiger partial charge in [0.1, 0.15) is 0 Å². The second kappa shape index (κ2) is 6.66. The number of pyridine rings is 1. The van der Waals surface area contributed by atoms with Crippen LogP contribution in [0, 0.1) is 0 Å². The Hall–Kier alpha value is -1.93. The van der Waals surface area contributed by atoms with Crippen LogP contribution in [-0.4, -0.2) is 40.6 Å². The minimum Gasteiger partial charge on any atom is -0.318 e. The molecule has 0 spiro atoms. The van der Waals surface area contributed by atoms with Crippen molar-refractivity contribution < 1.29 is 13.2 Å². The summed E-state index contributed by atoms with van der Waals surface area (Å²) in [5.74, 6) is -0.0620. The fourth-order valence-corrected chi connectivity index (χ4v) is 5.60. The van der Waals surface area contributed by atoms with Crippen molar-refractivity contribution in [1.82, 2.24) is 14.8 Å². The number of carbonyl (C=O) groups is 1. The van der Waals surface area contributed by atoms with Gasteiger partial charge in [0.2, 0.25) is 0 Å². The maximum Gasteiger partial charge on any atom is 0.276 e. The molecule has 0 aromatic carbocycles. The molecule has 9 heteroatoms. The number of hydrogen-bond acceptors (Lipinski definition) is 5. The summed E-state index contributed by atoms with van der Waals surface area (Å²) in [5.41, 5.74) is 2.73. The Morgan fingerprint density at radius 1 is 1.31 bits per heavy atom. The number of fused-ring (bicyclic) bond motifs is 1. The Kier molecular flexibility index (Phi) is 4.48. The maximum absolute atomic E-state index is 12.8. The molecule has 1 saturated heterocycles. The number of carbonyl (C=O) groups excluding carboxylic acids is 1. The van der Waals surface area contributed by atoms with Crippen molar-refractivity contribution in [1.29, 1.82) is 0 Å². The van der Waals surface area contributed by atoms with Crippen LogP contribution in [0.1, 0.15) is 47.1 Å². The minimum atomic E-state index is -3.02. The zero-order valence-corrected chi connectivity index (χ0v) is 15.7. The monoisotopic (exact) mass is 394 g/mol. The molecule has 0 saturated carbocycles. The number of halogens is 1. The number of aromatic nitrogens is 3. The number of anilines is 1. The number of nitrogens with zero attached hydrogens (tertiary/aromatic N) is 3. The second-order valence-electron chi connectivity index (χ2n) is 6.78. The lowest BCUT2D eigenvalue weighted by atomic mass is 9.95. The summed E-state index contributed by atoms with van der Waals surface area (Å²) in [4.78, 5) is 16.8. The van der Waals surface area contributed by atoms with Crippen molar-refractivity contribution in [2.24, 2.45) is 0 Å². The molecule has 1 amide bonds. The topological polar surface area (TPSA) is 93.9 Å². The highest BCUT2D eigenvalue weighted by atomic mass is 35.5. The van der Waals surface area contributed by atoms with Crippen molar-refractivity contribution in [3.63, 3.8) is 0 Å². The zero-order valence-electron chi connectivity index (χ0n) is 14.1. The molecule has 1 aliphatic heterocycles. The lowest BCUT2D eigenvalue weighted by molar-refractivity contribution is 0.102. The molecule has 0 bridgehead atoms. The molecule has 26 heavy (non-hydrogen) atoms. The number of amides is 1. The summed E-state index contributed by atoms with van der Waals surface area (Å²) in [6.07, 6.45) is 5.71. The van der Waals surface area contributed by atoms with E-state index >= 15 is 0 Å². The molecule has 138 valence electrons. The quantitative estimate of drug-likeness (QED) is 0.807. The molecule has 2 aromatic heterocycles. The Morgan fingerprint density at radius 2 is 2.12 bits per heavy atom. The van der Waals surface area contributed by atoms with Gasteiger partial charge in [-0.05, 0) is 44.2 Å². The average molecular weight is 395 g/mol. The summed E-state index contributed by atoms with van der Waals surface area (Å²) < 4.78 is 25.5. The first-order valence-corrected chi connectivity index (χ1v) is 10.9. The van der Waals surface area contributed by atoms with Gasteiger partial charge < -0.3 is 5.32 Å². The van der Waals surface area contributed by atoms with Crippen molar-refractivity contribution in [3.05, 3.63) is 40.4 Å². The van der Waals surface area contributed by atoms with Gasteiger partial charge in [0.05, 0.1) is 23.2 Å². The summed E-state index contributed by atoms with van der Waals surface area (Å²) in [5, 5.41) is 7.53. The van der Waals surface area contributed by atoms with Crippen molar-refractivity contribution in [3.8, 4) is 0 Å². The van der Waals surface area contributed by atoms with Gasteiger partial charge in [0, 0.05) is 17.5 Å². The van der Waals surface area contributed by atoms with E-state index in [2.05, 4.69) is 15.4 Å². The predicted molar refractivity (Wildman–Crippen MR) is 98.4 cm³/mol. The summed E-state index contributed by atoms with van der Waals surface area (Å²) >= 11 is 6.02. The van der Waals surface area contributed by atoms with E-state index < -0.39 is 9.84 Å². The van der Waals surface area contributed by atoms with Crippen LogP contribution < -0.4 is 5.32 Å². The molecular formula is C17H19ClN4O3S. The van der Waals surface area contributed by atoms with Crippen LogP contribution in [0.2, 0.25) is 5.15 Å². The van der Waals surface area contributed by atoms with Crippen LogP contribution in [0.15, 0.2) is 18.3 Å². The van der Waals surface area contributed by atoms with E-state index in [1.54, 1.807) is 23.0 Å². The Labute approximate surface area is 156 Å². The zero-order chi connectivity index (χ0) is 18.3. The minimum absolute atomic E-state index is 0.0939. The second-order valence-corrected chi connectivity index (χ2v) is 9.37. The predicted octanol–water partition coefficient (Wildman–Crippen LogP) is 2.42. The molecular weight excluding hydrogens is 376 g/mol. The van der Waals surface area contributed by atoms with Gasteiger partial charge in [-0.3, -0.25) is 9.48 Å². The highest BCUT2D eigenvalue weighted by molar-refractivity contribution is 7.91. The number of nitrogens with one attached hydrogen (secondary N) is 1. The first kappa shape index (κ1) is 17.5. The third-order valence-corrected chi connectivity index (χ3v) is 7.04. The van der Waals surface area contributed by atoms with Crippen LogP contribution in [0.5, 0.6) is 0 Å². The molecule has 1 fully saturated rings. The normalized spacial score (nSPS) is 21.3. The summed E-state index contributed by atoms with van der Waals surface area (Å²) in [6.45, 7) is 0. The van der Waals surface area contributed by atoms with Crippen LogP contribution in [0.4, 0.5) is 5.69 Å². The lowest BCUT2D eigenvalue weighted by Gasteiger charge is -2.17. The van der Waals surface area contributed by atoms with Gasteiger partial charge in [0.25, 0.3) is 5.91 Å². The largest absolute Gasteiger partial charge is 0.318 e. The molecule has 0 radical (unpaired) electrons. The molecule has 1 atom stereocenters. The number of hydrogen-bond donors (Lipinski definition) is 1. The highest BCUT2D eigenvalue weighted by Crippen LogP contribution is 2.32. The Balaban J connectivity index is 1.68. The first-order chi connectivity index (χ1) is 12.4. The van der Waals surface area contributed by atoms with Crippen LogP contribution in [-0.2, 0) is 22.7 Å². The van der Waals surface area contributed by atoms with E-state index in [-0.39, 0.29) is 28.6 Å². The summed E-state index contributed by atoms with van der Waals surface area (Å²) in [6, 6.07) is 3.19. The lowest BCUT2D eigenvalue weighted by Crippen LogP contribution is -2.17. The maximum atomic E-state index is 12.8. The SMILES string of the molecule is O=C(Nc1cccnc1Cl)c1nn([C@H]2CCS(=O)(=O)C2)c2c1CCCC2. The van der Waals surface area contributed by atoms with E-state index in [4.69, 9.17) is 11.6 Å². The van der Waals surface area contributed by atoms with Gasteiger partial charge in [-0.15, -0.1) is 0 Å². The smallest absolute Gasteiger partial charge is 0.276 e. The third kappa shape index (κ3) is 3.23. The van der Waals surface area contributed by atoms with E-state index in [0.29, 0.717) is 17.8 Å². The molecule has 4 rings (SSSR count). The van der Waals surface area contributed by atoms with E-state index in [1.807, 2.05) is 0 Å². The summed E-state index contributed by atoms with van der Waals surface area (Å²) in [7, 11) is -3.02. The number of rotatable bonds is 3. The van der Waals surface area contributed by atoms with Crippen LogP contribution in [0.3, 0.4) is 0 Å². The molecule has 3 heterocycles. The van der Waals surface area contributed by atoms with Gasteiger partial charge in [-0.1, -0.05) is 11.6 Å². The Morgan fingerprint density at radius 3 is 2.85 bits per heavy atom.